The zero-order valence-corrected chi connectivity index (χ0v) is 20.2. The molecule has 0 aliphatic carbocycles. The summed E-state index contributed by atoms with van der Waals surface area (Å²) in [5.74, 6) is 0.924. The van der Waals surface area contributed by atoms with Gasteiger partial charge in [0.05, 0.1) is 12.4 Å². The Hall–Kier alpha value is -3.86. The van der Waals surface area contributed by atoms with E-state index in [0.29, 0.717) is 24.0 Å². The summed E-state index contributed by atoms with van der Waals surface area (Å²) in [6, 6.07) is 14.1. The highest BCUT2D eigenvalue weighted by Crippen LogP contribution is 2.25. The van der Waals surface area contributed by atoms with Crippen LogP contribution in [0.15, 0.2) is 53.7 Å². The maximum atomic E-state index is 12.6. The van der Waals surface area contributed by atoms with Gasteiger partial charge in [0.1, 0.15) is 11.6 Å². The van der Waals surface area contributed by atoms with Crippen LogP contribution in [-0.4, -0.2) is 51.0 Å². The zero-order chi connectivity index (χ0) is 24.8. The second-order valence-electron chi connectivity index (χ2n) is 7.94. The van der Waals surface area contributed by atoms with E-state index in [-0.39, 0.29) is 24.0 Å². The first-order valence-electron chi connectivity index (χ1n) is 11.2. The third kappa shape index (κ3) is 6.18. The molecule has 1 saturated heterocycles. The smallest absolute Gasteiger partial charge is 0.321 e. The summed E-state index contributed by atoms with van der Waals surface area (Å²) in [4.78, 5) is 36.1. The highest BCUT2D eigenvalue weighted by Gasteiger charge is 2.27. The number of nitrogens with one attached hydrogen (secondary N) is 3. The molecule has 1 aliphatic rings. The summed E-state index contributed by atoms with van der Waals surface area (Å²) >= 11 is 1.25. The number of amides is 4. The third-order valence-electron chi connectivity index (χ3n) is 5.31. The first kappa shape index (κ1) is 24.3. The van der Waals surface area contributed by atoms with Crippen LogP contribution in [-0.2, 0) is 16.0 Å². The van der Waals surface area contributed by atoms with Crippen molar-refractivity contribution in [1.82, 2.24) is 25.4 Å². The Morgan fingerprint density at radius 3 is 2.66 bits per heavy atom. The number of carbonyl (C=O) groups is 3. The van der Waals surface area contributed by atoms with Gasteiger partial charge >= 0.3 is 6.03 Å². The van der Waals surface area contributed by atoms with Crippen LogP contribution in [0, 0.1) is 6.92 Å². The molecule has 0 spiro atoms. The molecule has 1 aliphatic heterocycles. The molecule has 35 heavy (non-hydrogen) atoms. The molecule has 1 unspecified atom stereocenters. The van der Waals surface area contributed by atoms with Gasteiger partial charge in [0.2, 0.25) is 11.8 Å². The van der Waals surface area contributed by atoms with E-state index in [1.54, 1.807) is 0 Å². The fourth-order valence-corrected chi connectivity index (χ4v) is 4.46. The second-order valence-corrected chi connectivity index (χ2v) is 8.88. The molecule has 4 rings (SSSR count). The van der Waals surface area contributed by atoms with Crippen molar-refractivity contribution in [3.05, 3.63) is 59.9 Å². The lowest BCUT2D eigenvalue weighted by atomic mass is 10.1. The number of nitrogens with zero attached hydrogens (tertiary/aromatic N) is 3. The molecule has 0 bridgehead atoms. The molecule has 1 aromatic heterocycles. The van der Waals surface area contributed by atoms with Gasteiger partial charge in [-0.15, -0.1) is 10.2 Å². The summed E-state index contributed by atoms with van der Waals surface area (Å²) in [6.07, 6.45) is 0.443. The van der Waals surface area contributed by atoms with Crippen LogP contribution in [0.5, 0.6) is 5.75 Å². The molecule has 2 heterocycles. The number of aromatic nitrogens is 3. The third-order valence-corrected chi connectivity index (χ3v) is 6.24. The molecule has 11 heteroatoms. The van der Waals surface area contributed by atoms with Gasteiger partial charge in [-0.25, -0.2) is 4.79 Å². The topological polar surface area (TPSA) is 127 Å². The van der Waals surface area contributed by atoms with Gasteiger partial charge in [-0.1, -0.05) is 30.0 Å². The van der Waals surface area contributed by atoms with E-state index in [9.17, 15) is 14.4 Å². The van der Waals surface area contributed by atoms with Crippen molar-refractivity contribution < 1.29 is 19.1 Å². The molecule has 0 saturated carbocycles. The van der Waals surface area contributed by atoms with E-state index in [4.69, 9.17) is 4.74 Å². The van der Waals surface area contributed by atoms with Crippen LogP contribution in [0.2, 0.25) is 0 Å². The highest BCUT2D eigenvalue weighted by molar-refractivity contribution is 7.99. The maximum absolute atomic E-state index is 12.6. The lowest BCUT2D eigenvalue weighted by Gasteiger charge is -2.23. The largest absolute Gasteiger partial charge is 0.494 e. The number of para-hydroxylation sites is 1. The average molecular weight is 495 g/mol. The fourth-order valence-electron chi connectivity index (χ4n) is 3.69. The summed E-state index contributed by atoms with van der Waals surface area (Å²) in [7, 11) is 0. The molecule has 2 aromatic carbocycles. The minimum atomic E-state index is -0.527. The number of anilines is 1. The van der Waals surface area contributed by atoms with E-state index in [1.165, 1.54) is 11.8 Å². The zero-order valence-electron chi connectivity index (χ0n) is 19.4. The van der Waals surface area contributed by atoms with Crippen LogP contribution in [0.4, 0.5) is 10.5 Å². The molecular weight excluding hydrogens is 468 g/mol. The standard InChI is InChI=1S/C24H26N6O4S/c1-3-34-18-10-8-17(9-11-18)30-20(12-16-13-21(31)27-23(33)25-16)28-29-24(30)35-14-22(32)26-19-7-5-4-6-15(19)2/h4-11,16H,3,12-14H2,1-2H3,(H,26,32)(H2,25,27,31,33). The molecule has 1 atom stereocenters. The predicted octanol–water partition coefficient (Wildman–Crippen LogP) is 2.85. The van der Waals surface area contributed by atoms with Crippen molar-refractivity contribution in [2.24, 2.45) is 0 Å². The number of benzene rings is 2. The van der Waals surface area contributed by atoms with Crippen molar-refractivity contribution in [3.63, 3.8) is 0 Å². The van der Waals surface area contributed by atoms with Gasteiger partial charge in [0.25, 0.3) is 0 Å². The minimum absolute atomic E-state index is 0.131. The summed E-state index contributed by atoms with van der Waals surface area (Å²) in [5, 5.41) is 17.0. The highest BCUT2D eigenvalue weighted by atomic mass is 32.2. The van der Waals surface area contributed by atoms with Gasteiger partial charge in [-0.05, 0) is 49.7 Å². The normalized spacial score (nSPS) is 15.3. The molecule has 4 amide bonds. The number of rotatable bonds is 9. The number of thioether (sulfide) groups is 1. The Balaban J connectivity index is 1.55. The fraction of sp³-hybridized carbons (Fsp3) is 0.292. The van der Waals surface area contributed by atoms with Crippen LogP contribution in [0.1, 0.15) is 24.7 Å². The molecular formula is C24H26N6O4S. The summed E-state index contributed by atoms with van der Waals surface area (Å²) in [6.45, 7) is 4.40. The van der Waals surface area contributed by atoms with Gasteiger partial charge in [-0.2, -0.15) is 0 Å². The van der Waals surface area contributed by atoms with Gasteiger partial charge in [-0.3, -0.25) is 19.5 Å². The first-order chi connectivity index (χ1) is 16.9. The van der Waals surface area contributed by atoms with E-state index < -0.39 is 12.1 Å². The quantitative estimate of drug-likeness (QED) is 0.390. The molecule has 182 valence electrons. The Kier molecular flexibility index (Phi) is 7.66. The number of carbonyl (C=O) groups excluding carboxylic acids is 3. The van der Waals surface area contributed by atoms with Gasteiger partial charge in [0, 0.05) is 30.3 Å². The van der Waals surface area contributed by atoms with Crippen molar-refractivity contribution >= 4 is 35.3 Å². The second kappa shape index (κ2) is 11.0. The van der Waals surface area contributed by atoms with E-state index in [0.717, 1.165) is 22.7 Å². The van der Waals surface area contributed by atoms with Crippen molar-refractivity contribution in [3.8, 4) is 11.4 Å². The van der Waals surface area contributed by atoms with Crippen molar-refractivity contribution in [2.45, 2.75) is 37.9 Å². The Morgan fingerprint density at radius 2 is 1.94 bits per heavy atom. The Morgan fingerprint density at radius 1 is 1.17 bits per heavy atom. The SMILES string of the molecule is CCOc1ccc(-n2c(CC3CC(=O)NC(=O)N3)nnc2SCC(=O)Nc2ccccc2C)cc1. The van der Waals surface area contributed by atoms with Crippen molar-refractivity contribution in [1.29, 1.82) is 0 Å². The summed E-state index contributed by atoms with van der Waals surface area (Å²) in [5.41, 5.74) is 2.52. The number of hydrogen-bond acceptors (Lipinski definition) is 7. The number of hydrogen-bond donors (Lipinski definition) is 3. The number of urea groups is 1. The van der Waals surface area contributed by atoms with Gasteiger partial charge in [0.15, 0.2) is 5.16 Å². The predicted molar refractivity (Wildman–Crippen MR) is 132 cm³/mol. The molecule has 0 radical (unpaired) electrons. The lowest BCUT2D eigenvalue weighted by molar-refractivity contribution is -0.121. The van der Waals surface area contributed by atoms with Crippen molar-refractivity contribution in [2.75, 3.05) is 17.7 Å². The van der Waals surface area contributed by atoms with Crippen LogP contribution in [0.25, 0.3) is 5.69 Å². The lowest BCUT2D eigenvalue weighted by Crippen LogP contribution is -2.53. The van der Waals surface area contributed by atoms with Crippen LogP contribution >= 0.6 is 11.8 Å². The molecule has 3 aromatic rings. The van der Waals surface area contributed by atoms with Crippen LogP contribution in [0.3, 0.4) is 0 Å². The number of ether oxygens (including phenoxy) is 1. The molecule has 1 fully saturated rings. The monoisotopic (exact) mass is 494 g/mol. The van der Waals surface area contributed by atoms with E-state index in [1.807, 2.05) is 66.9 Å². The minimum Gasteiger partial charge on any atom is -0.494 e. The first-order valence-corrected chi connectivity index (χ1v) is 12.2. The van der Waals surface area contributed by atoms with E-state index in [2.05, 4.69) is 26.1 Å². The Labute approximate surface area is 206 Å². The number of aryl methyl sites for hydroxylation is 1. The number of imide groups is 1. The Bertz CT molecular complexity index is 1210. The molecule has 3 N–H and O–H groups in total. The van der Waals surface area contributed by atoms with Gasteiger partial charge < -0.3 is 15.4 Å². The summed E-state index contributed by atoms with van der Waals surface area (Å²) < 4.78 is 7.37. The average Bonchev–Trinajstić information content (AvgIpc) is 3.21. The van der Waals surface area contributed by atoms with Crippen LogP contribution < -0.4 is 20.7 Å². The maximum Gasteiger partial charge on any atom is 0.321 e. The van der Waals surface area contributed by atoms with E-state index >= 15 is 0 Å². The molecule has 10 nitrogen and oxygen atoms in total.